The van der Waals surface area contributed by atoms with Crippen molar-refractivity contribution >= 4 is 65.6 Å². The van der Waals surface area contributed by atoms with Crippen LogP contribution in [0.4, 0.5) is 5.69 Å². The van der Waals surface area contributed by atoms with E-state index in [2.05, 4.69) is 59.9 Å². The van der Waals surface area contributed by atoms with Gasteiger partial charge in [-0.1, -0.05) is 45.4 Å². The van der Waals surface area contributed by atoms with Gasteiger partial charge in [0.1, 0.15) is 0 Å². The van der Waals surface area contributed by atoms with Crippen molar-refractivity contribution in [2.45, 2.75) is 34.6 Å². The fourth-order valence-electron chi connectivity index (χ4n) is 0.566. The second kappa shape index (κ2) is 19.1. The van der Waals surface area contributed by atoms with Crippen LogP contribution in [-0.4, -0.2) is 0 Å². The van der Waals surface area contributed by atoms with Gasteiger partial charge in [-0.05, 0) is 19.1 Å². The van der Waals surface area contributed by atoms with Crippen molar-refractivity contribution in [2.75, 3.05) is 5.73 Å². The molecule has 0 amide bonds. The van der Waals surface area contributed by atoms with E-state index in [1.54, 1.807) is 0 Å². The van der Waals surface area contributed by atoms with Gasteiger partial charge >= 0.3 is 64.9 Å². The second-order valence-electron chi connectivity index (χ2n) is 2.10. The predicted molar refractivity (Wildman–Crippen MR) is 100 cm³/mol. The Bertz CT molecular complexity index is 191. The third-order valence-corrected chi connectivity index (χ3v) is 1.08. The van der Waals surface area contributed by atoms with Crippen LogP contribution < -0.4 is 5.73 Å². The van der Waals surface area contributed by atoms with Crippen molar-refractivity contribution in [1.82, 2.24) is 0 Å². The number of nitrogens with two attached hydrogens (primary N) is 1. The summed E-state index contributed by atoms with van der Waals surface area (Å²) in [6.45, 7) is 10.0. The summed E-state index contributed by atoms with van der Waals surface area (Å²) in [6.07, 6.45) is 0. The SMILES string of the molecule is CC.CC.Cc1ccc(N)cc1.[I][V]([I])[I]. The molecule has 0 unspecified atom stereocenters. The number of hydrogen-bond donors (Lipinski definition) is 1. The zero-order chi connectivity index (χ0) is 13.6. The topological polar surface area (TPSA) is 26.0 Å². The van der Waals surface area contributed by atoms with E-state index in [1.807, 2.05) is 58.9 Å². The van der Waals surface area contributed by atoms with Crippen LogP contribution in [0.3, 0.4) is 0 Å². The summed E-state index contributed by atoms with van der Waals surface area (Å²) < 4.78 is 0. The summed E-state index contributed by atoms with van der Waals surface area (Å²) in [5.74, 6) is 0. The molecule has 0 spiro atoms. The molecule has 0 saturated carbocycles. The van der Waals surface area contributed by atoms with Crippen LogP contribution in [0, 0.1) is 6.92 Å². The van der Waals surface area contributed by atoms with Gasteiger partial charge in [-0.15, -0.1) is 0 Å². The molecule has 1 nitrogen and oxygen atoms in total. The first-order valence-electron chi connectivity index (χ1n) is 5.12. The van der Waals surface area contributed by atoms with E-state index < -0.39 is 0 Å². The molecule has 96 valence electrons. The maximum absolute atomic E-state index is 5.43. The monoisotopic (exact) mass is 599 g/mol. The molecule has 0 radical (unpaired) electrons. The molecule has 0 saturated heterocycles. The third-order valence-electron chi connectivity index (χ3n) is 1.08. The zero-order valence-corrected chi connectivity index (χ0v) is 18.3. The van der Waals surface area contributed by atoms with Gasteiger partial charge in [0.25, 0.3) is 0 Å². The molecule has 1 rings (SSSR count). The van der Waals surface area contributed by atoms with Gasteiger partial charge in [0.05, 0.1) is 0 Å². The van der Waals surface area contributed by atoms with Gasteiger partial charge in [-0.3, -0.25) is 0 Å². The Balaban J connectivity index is -0.000000181. The molecular weight excluding hydrogens is 578 g/mol. The van der Waals surface area contributed by atoms with Crippen molar-refractivity contribution < 1.29 is 4.92 Å². The second-order valence-corrected chi connectivity index (χ2v) is 37.5. The minimum atomic E-state index is -0.278. The van der Waals surface area contributed by atoms with Gasteiger partial charge in [-0.25, -0.2) is 0 Å². The van der Waals surface area contributed by atoms with Crippen molar-refractivity contribution in [3.8, 4) is 0 Å². The normalized spacial score (nSPS) is 7.56. The predicted octanol–water partition coefficient (Wildman–Crippen LogP) is 6.28. The number of halogens is 3. The molecule has 1 aromatic carbocycles. The number of hydrogen-bond acceptors (Lipinski definition) is 1. The van der Waals surface area contributed by atoms with Crippen LogP contribution >= 0.6 is 59.9 Å². The van der Waals surface area contributed by atoms with Crippen LogP contribution in [0.2, 0.25) is 0 Å². The van der Waals surface area contributed by atoms with Crippen LogP contribution in [-0.2, 0) is 4.92 Å². The molecule has 0 aliphatic heterocycles. The van der Waals surface area contributed by atoms with Crippen LogP contribution in [0.5, 0.6) is 0 Å². The van der Waals surface area contributed by atoms with Crippen molar-refractivity contribution in [1.29, 1.82) is 0 Å². The Kier molecular flexibility index (Phi) is 27.4. The van der Waals surface area contributed by atoms with Gasteiger partial charge in [-0.2, -0.15) is 0 Å². The van der Waals surface area contributed by atoms with Crippen LogP contribution in [0.1, 0.15) is 33.3 Å². The van der Waals surface area contributed by atoms with E-state index in [0.29, 0.717) is 0 Å². The quantitative estimate of drug-likeness (QED) is 0.276. The van der Waals surface area contributed by atoms with E-state index >= 15 is 0 Å². The Morgan fingerprint density at radius 1 is 0.875 bits per heavy atom. The summed E-state index contributed by atoms with van der Waals surface area (Å²) in [6, 6.07) is 7.79. The standard InChI is InChI=1S/C7H9N.2C2H6.3HI.V/c1-6-2-4-7(8)5-3-6;2*1-2;;;;/h2-5H,8H2,1H3;2*1-2H3;3*1H;/q;;;;;;+3/p-3. The molecule has 0 aliphatic carbocycles. The summed E-state index contributed by atoms with van der Waals surface area (Å²) >= 11 is 7.39. The summed E-state index contributed by atoms with van der Waals surface area (Å²) in [4.78, 5) is -0.278. The van der Waals surface area contributed by atoms with Gasteiger partial charge < -0.3 is 5.73 Å². The summed E-state index contributed by atoms with van der Waals surface area (Å²) in [5.41, 5.74) is 7.51. The van der Waals surface area contributed by atoms with Gasteiger partial charge in [0.15, 0.2) is 0 Å². The van der Waals surface area contributed by atoms with E-state index in [4.69, 9.17) is 5.73 Å². The first kappa shape index (κ1) is 22.9. The number of aryl methyl sites for hydroxylation is 1. The van der Waals surface area contributed by atoms with Crippen LogP contribution in [0.25, 0.3) is 0 Å². The van der Waals surface area contributed by atoms with Crippen molar-refractivity contribution in [3.05, 3.63) is 29.8 Å². The van der Waals surface area contributed by atoms with E-state index in [1.165, 1.54) is 5.56 Å². The Morgan fingerprint density at radius 3 is 1.31 bits per heavy atom. The summed E-state index contributed by atoms with van der Waals surface area (Å²) in [5, 5.41) is 0. The minimum absolute atomic E-state index is 0.278. The third kappa shape index (κ3) is 24.9. The molecule has 0 fully saturated rings. The molecule has 1 aromatic rings. The maximum atomic E-state index is 5.43. The number of anilines is 1. The van der Waals surface area contributed by atoms with E-state index in [-0.39, 0.29) is 4.92 Å². The molecular formula is C11H21I3NV. The average Bonchev–Trinajstić information content (AvgIpc) is 2.27. The Hall–Kier alpha value is 1.79. The van der Waals surface area contributed by atoms with E-state index in [9.17, 15) is 0 Å². The first-order valence-corrected chi connectivity index (χ1v) is 18.6. The molecule has 16 heavy (non-hydrogen) atoms. The zero-order valence-electron chi connectivity index (χ0n) is 10.5. The van der Waals surface area contributed by atoms with E-state index in [0.717, 1.165) is 5.69 Å². The molecule has 0 bridgehead atoms. The molecule has 5 heteroatoms. The summed E-state index contributed by atoms with van der Waals surface area (Å²) in [7, 11) is 0. The van der Waals surface area contributed by atoms with Crippen LogP contribution in [0.15, 0.2) is 24.3 Å². The number of rotatable bonds is 0. The molecule has 0 aromatic heterocycles. The number of benzene rings is 1. The Labute approximate surface area is 138 Å². The molecule has 0 aliphatic rings. The fraction of sp³-hybridized carbons (Fsp3) is 0.455. The first-order chi connectivity index (χ1) is 7.52. The van der Waals surface area contributed by atoms with Crippen molar-refractivity contribution in [3.63, 3.8) is 0 Å². The fourth-order valence-corrected chi connectivity index (χ4v) is 0.566. The molecule has 2 N–H and O–H groups in total. The van der Waals surface area contributed by atoms with Gasteiger partial charge in [0.2, 0.25) is 0 Å². The number of nitrogen functional groups attached to an aromatic ring is 1. The molecule has 0 heterocycles. The average molecular weight is 599 g/mol. The van der Waals surface area contributed by atoms with Crippen molar-refractivity contribution in [2.24, 2.45) is 0 Å². The Morgan fingerprint density at radius 2 is 1.12 bits per heavy atom. The van der Waals surface area contributed by atoms with Gasteiger partial charge in [0, 0.05) is 5.69 Å². The molecule has 0 atom stereocenters.